The predicted molar refractivity (Wildman–Crippen MR) is 98.2 cm³/mol. The van der Waals surface area contributed by atoms with E-state index in [4.69, 9.17) is 0 Å². The van der Waals surface area contributed by atoms with Gasteiger partial charge < -0.3 is 4.57 Å². The number of fused-ring (bicyclic) bond motifs is 1. The summed E-state index contributed by atoms with van der Waals surface area (Å²) >= 11 is 0. The number of hydrogen-bond donors (Lipinski definition) is 1. The minimum Gasteiger partial charge on any atom is -0.347 e. The molecule has 1 unspecified atom stereocenters. The van der Waals surface area contributed by atoms with Crippen LogP contribution in [0.2, 0.25) is 0 Å². The Labute approximate surface area is 164 Å². The molecule has 2 aromatic carbocycles. The number of hydrogen-bond acceptors (Lipinski definition) is 2. The first kappa shape index (κ1) is 21.3. The molecule has 0 aliphatic heterocycles. The Kier molecular flexibility index (Phi) is 5.44. The van der Waals surface area contributed by atoms with Crippen molar-refractivity contribution < 1.29 is 30.4 Å². The molecule has 0 bridgehead atoms. The van der Waals surface area contributed by atoms with Gasteiger partial charge in [0, 0.05) is 23.6 Å². The Balaban J connectivity index is 2.14. The molecule has 156 valence electrons. The van der Waals surface area contributed by atoms with Gasteiger partial charge in [-0.3, -0.25) is 0 Å². The van der Waals surface area contributed by atoms with Crippen molar-refractivity contribution in [3.8, 4) is 0 Å². The van der Waals surface area contributed by atoms with Gasteiger partial charge in [0.15, 0.2) is 0 Å². The van der Waals surface area contributed by atoms with Crippen LogP contribution in [0.1, 0.15) is 22.9 Å². The van der Waals surface area contributed by atoms with Crippen LogP contribution in [-0.2, 0) is 23.2 Å². The van der Waals surface area contributed by atoms with Crippen molar-refractivity contribution in [2.75, 3.05) is 0 Å². The molecule has 4 nitrogen and oxygen atoms in total. The predicted octanol–water partition coefficient (Wildman–Crippen LogP) is 4.79. The molecule has 0 saturated carbocycles. The van der Waals surface area contributed by atoms with Gasteiger partial charge in [-0.2, -0.15) is 17.9 Å². The summed E-state index contributed by atoms with van der Waals surface area (Å²) in [5.74, 6) is 0. The molecule has 29 heavy (non-hydrogen) atoms. The van der Waals surface area contributed by atoms with Gasteiger partial charge in [0.2, 0.25) is 10.0 Å². The number of aromatic nitrogens is 1. The molecule has 0 radical (unpaired) electrons. The van der Waals surface area contributed by atoms with E-state index in [2.05, 4.69) is 0 Å². The van der Waals surface area contributed by atoms with E-state index >= 15 is 0 Å². The van der Waals surface area contributed by atoms with Crippen LogP contribution in [0.4, 0.5) is 22.0 Å². The van der Waals surface area contributed by atoms with Crippen LogP contribution in [0.15, 0.2) is 53.4 Å². The van der Waals surface area contributed by atoms with Crippen molar-refractivity contribution in [3.05, 3.63) is 65.4 Å². The van der Waals surface area contributed by atoms with Gasteiger partial charge in [-0.25, -0.2) is 17.2 Å². The number of sulfonamides is 1. The van der Waals surface area contributed by atoms with Crippen LogP contribution in [0.5, 0.6) is 0 Å². The molecule has 0 aliphatic carbocycles. The number of nitrogens with one attached hydrogen (secondary N) is 1. The lowest BCUT2D eigenvalue weighted by molar-refractivity contribution is -0.138. The van der Waals surface area contributed by atoms with Crippen molar-refractivity contribution in [2.45, 2.75) is 30.5 Å². The standard InChI is InChI=1S/C19H17F5N2O2S/c1-11-17(13-8-4-6-10-15(13)26(11)2)29(27,28)25-16(18(20)21)12-7-3-5-9-14(12)19(22,23)24/h3-10,16,18,25H,1-2H3. The summed E-state index contributed by atoms with van der Waals surface area (Å²) in [6.07, 6.45) is -8.31. The van der Waals surface area contributed by atoms with Crippen molar-refractivity contribution in [2.24, 2.45) is 7.05 Å². The highest BCUT2D eigenvalue weighted by molar-refractivity contribution is 7.89. The van der Waals surface area contributed by atoms with E-state index in [9.17, 15) is 30.4 Å². The summed E-state index contributed by atoms with van der Waals surface area (Å²) in [4.78, 5) is -0.245. The van der Waals surface area contributed by atoms with E-state index in [1.54, 1.807) is 34.5 Å². The summed E-state index contributed by atoms with van der Waals surface area (Å²) in [5, 5.41) is 0.289. The zero-order valence-corrected chi connectivity index (χ0v) is 16.2. The molecule has 1 N–H and O–H groups in total. The van der Waals surface area contributed by atoms with Crippen LogP contribution in [0.25, 0.3) is 10.9 Å². The SMILES string of the molecule is Cc1c(S(=O)(=O)NC(c2ccccc2C(F)(F)F)C(F)F)c2ccccc2n1C. The highest BCUT2D eigenvalue weighted by Crippen LogP contribution is 2.37. The Morgan fingerprint density at radius 1 is 1.00 bits per heavy atom. The first-order valence-electron chi connectivity index (χ1n) is 8.45. The van der Waals surface area contributed by atoms with Crippen LogP contribution in [0, 0.1) is 6.92 Å². The van der Waals surface area contributed by atoms with Crippen molar-refractivity contribution in [1.29, 1.82) is 0 Å². The molecule has 3 rings (SSSR count). The fraction of sp³-hybridized carbons (Fsp3) is 0.263. The van der Waals surface area contributed by atoms with Crippen molar-refractivity contribution in [3.63, 3.8) is 0 Å². The third-order valence-corrected chi connectivity index (χ3v) is 6.36. The first-order valence-corrected chi connectivity index (χ1v) is 9.94. The second-order valence-corrected chi connectivity index (χ2v) is 8.16. The van der Waals surface area contributed by atoms with Gasteiger partial charge in [-0.05, 0) is 24.6 Å². The van der Waals surface area contributed by atoms with Gasteiger partial charge in [-0.1, -0.05) is 36.4 Å². The first-order chi connectivity index (χ1) is 13.4. The van der Waals surface area contributed by atoms with Gasteiger partial charge in [0.25, 0.3) is 6.43 Å². The molecule has 1 aromatic heterocycles. The number of nitrogens with zero attached hydrogens (tertiary/aromatic N) is 1. The molecular weight excluding hydrogens is 415 g/mol. The minimum absolute atomic E-state index is 0.245. The number of para-hydroxylation sites is 1. The molecule has 0 spiro atoms. The van der Waals surface area contributed by atoms with Crippen molar-refractivity contribution in [1.82, 2.24) is 9.29 Å². The molecule has 0 aliphatic rings. The fourth-order valence-corrected chi connectivity index (χ4v) is 5.00. The number of rotatable bonds is 5. The van der Waals surface area contributed by atoms with Crippen LogP contribution < -0.4 is 4.72 Å². The van der Waals surface area contributed by atoms with Crippen LogP contribution >= 0.6 is 0 Å². The number of halogens is 5. The third kappa shape index (κ3) is 3.86. The summed E-state index contributed by atoms with van der Waals surface area (Å²) in [5.41, 5.74) is -1.33. The lowest BCUT2D eigenvalue weighted by Crippen LogP contribution is -2.34. The summed E-state index contributed by atoms with van der Waals surface area (Å²) in [7, 11) is -2.96. The lowest BCUT2D eigenvalue weighted by Gasteiger charge is -2.22. The maximum absolute atomic E-state index is 13.7. The Morgan fingerprint density at radius 2 is 1.59 bits per heavy atom. The number of alkyl halides is 5. The van der Waals surface area contributed by atoms with Gasteiger partial charge in [-0.15, -0.1) is 0 Å². The van der Waals surface area contributed by atoms with Crippen molar-refractivity contribution >= 4 is 20.9 Å². The second-order valence-electron chi connectivity index (χ2n) is 6.51. The monoisotopic (exact) mass is 432 g/mol. The normalized spacial score (nSPS) is 13.9. The number of benzene rings is 2. The average molecular weight is 432 g/mol. The smallest absolute Gasteiger partial charge is 0.347 e. The maximum Gasteiger partial charge on any atom is 0.416 e. The summed E-state index contributed by atoms with van der Waals surface area (Å²) in [6, 6.07) is 7.77. The van der Waals surface area contributed by atoms with Gasteiger partial charge >= 0.3 is 6.18 Å². The maximum atomic E-state index is 13.7. The van der Waals surface area contributed by atoms with Crippen LogP contribution in [0.3, 0.4) is 0 Å². The topological polar surface area (TPSA) is 51.1 Å². The third-order valence-electron chi connectivity index (χ3n) is 4.75. The molecule has 3 aromatic rings. The largest absolute Gasteiger partial charge is 0.416 e. The lowest BCUT2D eigenvalue weighted by atomic mass is 10.0. The Bertz CT molecular complexity index is 1150. The van der Waals surface area contributed by atoms with E-state index < -0.39 is 39.8 Å². The molecule has 0 saturated heterocycles. The second kappa shape index (κ2) is 7.42. The Morgan fingerprint density at radius 3 is 2.21 bits per heavy atom. The summed E-state index contributed by atoms with van der Waals surface area (Å²) < 4.78 is 96.6. The Hall–Kier alpha value is -2.46. The van der Waals surface area contributed by atoms with E-state index in [1.165, 1.54) is 13.0 Å². The molecule has 1 heterocycles. The highest BCUT2D eigenvalue weighted by atomic mass is 32.2. The molecule has 1 atom stereocenters. The molecular formula is C19H17F5N2O2S. The van der Waals surface area contributed by atoms with E-state index in [1.807, 2.05) is 0 Å². The molecule has 10 heteroatoms. The molecule has 0 amide bonds. The van der Waals surface area contributed by atoms with Crippen LogP contribution in [-0.4, -0.2) is 19.4 Å². The highest BCUT2D eigenvalue weighted by Gasteiger charge is 2.39. The van der Waals surface area contributed by atoms with E-state index in [0.717, 1.165) is 18.2 Å². The van der Waals surface area contributed by atoms with Gasteiger partial charge in [0.05, 0.1) is 5.56 Å². The summed E-state index contributed by atoms with van der Waals surface area (Å²) in [6.45, 7) is 1.50. The number of aryl methyl sites for hydroxylation is 1. The molecule has 0 fully saturated rings. The van der Waals surface area contributed by atoms with E-state index in [-0.39, 0.29) is 16.0 Å². The minimum atomic E-state index is -4.91. The average Bonchev–Trinajstić information content (AvgIpc) is 2.90. The zero-order valence-electron chi connectivity index (χ0n) is 15.3. The zero-order chi connectivity index (χ0) is 21.6. The van der Waals surface area contributed by atoms with Gasteiger partial charge in [0.1, 0.15) is 10.9 Å². The van der Waals surface area contributed by atoms with E-state index in [0.29, 0.717) is 11.6 Å². The fourth-order valence-electron chi connectivity index (χ4n) is 3.33. The quantitative estimate of drug-likeness (QED) is 0.590.